The molecule has 0 spiro atoms. The Balaban J connectivity index is 3.38. The van der Waals surface area contributed by atoms with E-state index in [4.69, 9.17) is 4.74 Å². The predicted octanol–water partition coefficient (Wildman–Crippen LogP) is 1.71. The smallest absolute Gasteiger partial charge is 0.169 e. The zero-order chi connectivity index (χ0) is 7.28. The zero-order valence-corrected chi connectivity index (χ0v) is 6.59. The molecule has 0 N–H and O–H groups in total. The summed E-state index contributed by atoms with van der Waals surface area (Å²) in [6.45, 7) is 6.27. The molecule has 0 aliphatic rings. The average Bonchev–Trinajstić information content (AvgIpc) is 1.82. The summed E-state index contributed by atoms with van der Waals surface area (Å²) in [6.07, 6.45) is 1.76. The number of ether oxygens (including phenoxy) is 1. The van der Waals surface area contributed by atoms with Crippen LogP contribution in [0.4, 0.5) is 0 Å². The molecule has 0 aromatic carbocycles. The standard InChI is InChI=1S/C7H15NO/c1-6(2)7(3)9-5-8-4/h5-7H,1-4H3. The van der Waals surface area contributed by atoms with Gasteiger partial charge in [0.15, 0.2) is 6.40 Å². The van der Waals surface area contributed by atoms with Gasteiger partial charge in [-0.25, -0.2) is 0 Å². The Kier molecular flexibility index (Phi) is 4.10. The first-order chi connectivity index (χ1) is 4.18. The molecule has 0 aliphatic carbocycles. The van der Waals surface area contributed by atoms with Crippen LogP contribution in [0.15, 0.2) is 4.99 Å². The van der Waals surface area contributed by atoms with E-state index >= 15 is 0 Å². The lowest BCUT2D eigenvalue weighted by Gasteiger charge is -2.13. The molecule has 0 heterocycles. The maximum Gasteiger partial charge on any atom is 0.169 e. The van der Waals surface area contributed by atoms with E-state index in [0.717, 1.165) is 0 Å². The van der Waals surface area contributed by atoms with Crippen molar-refractivity contribution in [3.63, 3.8) is 0 Å². The Morgan fingerprint density at radius 3 is 2.22 bits per heavy atom. The molecule has 0 saturated heterocycles. The van der Waals surface area contributed by atoms with Crippen LogP contribution in [0.1, 0.15) is 20.8 Å². The highest BCUT2D eigenvalue weighted by Gasteiger charge is 2.04. The highest BCUT2D eigenvalue weighted by molar-refractivity contribution is 5.46. The Labute approximate surface area is 56.9 Å². The topological polar surface area (TPSA) is 21.6 Å². The van der Waals surface area contributed by atoms with Crippen molar-refractivity contribution in [3.05, 3.63) is 0 Å². The van der Waals surface area contributed by atoms with E-state index in [0.29, 0.717) is 5.92 Å². The van der Waals surface area contributed by atoms with E-state index in [9.17, 15) is 0 Å². The van der Waals surface area contributed by atoms with E-state index in [2.05, 4.69) is 18.8 Å². The van der Waals surface area contributed by atoms with Gasteiger partial charge in [-0.2, -0.15) is 0 Å². The molecule has 54 valence electrons. The molecule has 0 fully saturated rings. The van der Waals surface area contributed by atoms with Gasteiger partial charge in [0, 0.05) is 7.05 Å². The minimum Gasteiger partial charge on any atom is -0.480 e. The second kappa shape index (κ2) is 4.36. The monoisotopic (exact) mass is 129 g/mol. The van der Waals surface area contributed by atoms with Crippen molar-refractivity contribution in [2.24, 2.45) is 10.9 Å². The summed E-state index contributed by atoms with van der Waals surface area (Å²) in [5.74, 6) is 0.558. The van der Waals surface area contributed by atoms with Crippen LogP contribution in [0.5, 0.6) is 0 Å². The highest BCUT2D eigenvalue weighted by atomic mass is 16.5. The third kappa shape index (κ3) is 4.01. The number of nitrogens with zero attached hydrogens (tertiary/aromatic N) is 1. The molecule has 9 heavy (non-hydrogen) atoms. The minimum absolute atomic E-state index is 0.272. The van der Waals surface area contributed by atoms with Crippen LogP contribution in [-0.4, -0.2) is 19.6 Å². The fraction of sp³-hybridized carbons (Fsp3) is 0.857. The highest BCUT2D eigenvalue weighted by Crippen LogP contribution is 2.02. The molecule has 0 radical (unpaired) electrons. The van der Waals surface area contributed by atoms with Gasteiger partial charge in [-0.3, -0.25) is 4.99 Å². The normalized spacial score (nSPS) is 14.8. The summed E-state index contributed by atoms with van der Waals surface area (Å²) in [5, 5.41) is 0. The van der Waals surface area contributed by atoms with Crippen LogP contribution in [-0.2, 0) is 4.74 Å². The van der Waals surface area contributed by atoms with Gasteiger partial charge in [0.25, 0.3) is 0 Å². The van der Waals surface area contributed by atoms with Gasteiger partial charge in [-0.1, -0.05) is 13.8 Å². The number of hydrogen-bond donors (Lipinski definition) is 0. The molecule has 0 bridgehead atoms. The minimum atomic E-state index is 0.272. The third-order valence-electron chi connectivity index (χ3n) is 1.32. The molecule has 0 aromatic rings. The largest absolute Gasteiger partial charge is 0.480 e. The molecule has 1 atom stereocenters. The van der Waals surface area contributed by atoms with Gasteiger partial charge in [0.2, 0.25) is 0 Å². The molecule has 0 saturated carbocycles. The SMILES string of the molecule is CN=COC(C)C(C)C. The van der Waals surface area contributed by atoms with Crippen LogP contribution in [0.3, 0.4) is 0 Å². The fourth-order valence-corrected chi connectivity index (χ4v) is 0.314. The lowest BCUT2D eigenvalue weighted by Crippen LogP contribution is -2.13. The van der Waals surface area contributed by atoms with Crippen molar-refractivity contribution < 1.29 is 4.74 Å². The molecular weight excluding hydrogens is 114 g/mol. The molecule has 1 unspecified atom stereocenters. The summed E-state index contributed by atoms with van der Waals surface area (Å²) in [4.78, 5) is 3.71. The molecule has 0 aromatic heterocycles. The fourth-order valence-electron chi connectivity index (χ4n) is 0.314. The van der Waals surface area contributed by atoms with E-state index in [1.807, 2.05) is 6.92 Å². The van der Waals surface area contributed by atoms with Crippen molar-refractivity contribution in [2.45, 2.75) is 26.9 Å². The van der Waals surface area contributed by atoms with E-state index in [1.54, 1.807) is 7.05 Å². The first kappa shape index (κ1) is 8.47. The van der Waals surface area contributed by atoms with Gasteiger partial charge in [0.05, 0.1) is 6.10 Å². The Morgan fingerprint density at radius 2 is 1.89 bits per heavy atom. The Morgan fingerprint density at radius 1 is 1.33 bits per heavy atom. The third-order valence-corrected chi connectivity index (χ3v) is 1.32. The maximum atomic E-state index is 5.16. The van der Waals surface area contributed by atoms with Crippen LogP contribution in [0.25, 0.3) is 0 Å². The van der Waals surface area contributed by atoms with Crippen LogP contribution in [0.2, 0.25) is 0 Å². The predicted molar refractivity (Wildman–Crippen MR) is 39.8 cm³/mol. The van der Waals surface area contributed by atoms with Crippen LogP contribution in [0, 0.1) is 5.92 Å². The second-order valence-electron chi connectivity index (χ2n) is 2.45. The first-order valence-corrected chi connectivity index (χ1v) is 3.24. The maximum absolute atomic E-state index is 5.16. The summed E-state index contributed by atoms with van der Waals surface area (Å²) in [6, 6.07) is 0. The molecule has 0 rings (SSSR count). The van der Waals surface area contributed by atoms with Gasteiger partial charge < -0.3 is 4.74 Å². The lowest BCUT2D eigenvalue weighted by molar-refractivity contribution is 0.167. The second-order valence-corrected chi connectivity index (χ2v) is 2.45. The Hall–Kier alpha value is -0.530. The van der Waals surface area contributed by atoms with Gasteiger partial charge in [-0.15, -0.1) is 0 Å². The summed E-state index contributed by atoms with van der Waals surface area (Å²) < 4.78 is 5.16. The average molecular weight is 129 g/mol. The van der Waals surface area contributed by atoms with Gasteiger partial charge in [0.1, 0.15) is 0 Å². The van der Waals surface area contributed by atoms with Crippen LogP contribution >= 0.6 is 0 Å². The zero-order valence-electron chi connectivity index (χ0n) is 6.59. The van der Waals surface area contributed by atoms with E-state index < -0.39 is 0 Å². The summed E-state index contributed by atoms with van der Waals surface area (Å²) >= 11 is 0. The van der Waals surface area contributed by atoms with Crippen molar-refractivity contribution in [2.75, 3.05) is 7.05 Å². The van der Waals surface area contributed by atoms with Gasteiger partial charge in [-0.05, 0) is 12.8 Å². The molecule has 0 amide bonds. The van der Waals surface area contributed by atoms with Gasteiger partial charge >= 0.3 is 0 Å². The van der Waals surface area contributed by atoms with Crippen molar-refractivity contribution in [1.82, 2.24) is 0 Å². The molecule has 2 heteroatoms. The quantitative estimate of drug-likeness (QED) is 0.420. The number of rotatable bonds is 3. The number of aliphatic imine (C=N–C) groups is 1. The molecule has 0 aliphatic heterocycles. The van der Waals surface area contributed by atoms with Crippen molar-refractivity contribution >= 4 is 6.40 Å². The first-order valence-electron chi connectivity index (χ1n) is 3.24. The lowest BCUT2D eigenvalue weighted by atomic mass is 10.1. The van der Waals surface area contributed by atoms with Crippen molar-refractivity contribution in [3.8, 4) is 0 Å². The number of hydrogen-bond acceptors (Lipinski definition) is 2. The summed E-state index contributed by atoms with van der Waals surface area (Å²) in [5.41, 5.74) is 0. The van der Waals surface area contributed by atoms with Crippen LogP contribution < -0.4 is 0 Å². The van der Waals surface area contributed by atoms with Crippen molar-refractivity contribution in [1.29, 1.82) is 0 Å². The Bertz CT molecular complexity index is 88.9. The van der Waals surface area contributed by atoms with E-state index in [1.165, 1.54) is 6.40 Å². The summed E-state index contributed by atoms with van der Waals surface area (Å²) in [7, 11) is 1.70. The van der Waals surface area contributed by atoms with E-state index in [-0.39, 0.29) is 6.10 Å². The molecule has 2 nitrogen and oxygen atoms in total. The molecular formula is C7H15NO.